The molecular formula is C65H129N2O7P. The van der Waals surface area contributed by atoms with Crippen molar-refractivity contribution in [3.8, 4) is 0 Å². The Balaban J connectivity index is 5.04. The number of amides is 1. The molecule has 3 unspecified atom stereocenters. The molecule has 1 N–H and O–H groups in total. The van der Waals surface area contributed by atoms with Crippen LogP contribution in [-0.4, -0.2) is 69.4 Å². The highest BCUT2D eigenvalue weighted by molar-refractivity contribution is 7.45. The number of nitrogens with zero attached hydrogens (tertiary/aromatic N) is 1. The van der Waals surface area contributed by atoms with Gasteiger partial charge in [-0.1, -0.05) is 309 Å². The van der Waals surface area contributed by atoms with Gasteiger partial charge in [-0.3, -0.25) is 14.2 Å². The highest BCUT2D eigenvalue weighted by atomic mass is 31.2. The Morgan fingerprint density at radius 2 is 0.760 bits per heavy atom. The van der Waals surface area contributed by atoms with Gasteiger partial charge in [-0.25, -0.2) is 0 Å². The summed E-state index contributed by atoms with van der Waals surface area (Å²) in [6.45, 7) is 6.90. The number of quaternary nitrogens is 1. The first-order chi connectivity index (χ1) is 36.4. The summed E-state index contributed by atoms with van der Waals surface area (Å²) in [5.41, 5.74) is 0. The Kier molecular flexibility index (Phi) is 55.1. The van der Waals surface area contributed by atoms with Gasteiger partial charge in [0, 0.05) is 12.8 Å². The number of carbonyl (C=O) groups excluding carboxylic acids is 2. The van der Waals surface area contributed by atoms with Crippen molar-refractivity contribution in [2.45, 2.75) is 354 Å². The molecule has 0 bridgehead atoms. The topological polar surface area (TPSA) is 114 Å². The Morgan fingerprint density at radius 3 is 1.09 bits per heavy atom. The first kappa shape index (κ1) is 73.8. The number of hydrogen-bond donors (Lipinski definition) is 1. The number of hydrogen-bond acceptors (Lipinski definition) is 7. The highest BCUT2D eigenvalue weighted by Gasteiger charge is 2.27. The van der Waals surface area contributed by atoms with Crippen molar-refractivity contribution in [1.29, 1.82) is 0 Å². The Labute approximate surface area is 467 Å². The second-order valence-corrected chi connectivity index (χ2v) is 25.4. The van der Waals surface area contributed by atoms with Crippen LogP contribution in [0.2, 0.25) is 0 Å². The summed E-state index contributed by atoms with van der Waals surface area (Å²) < 4.78 is 30.3. The maximum atomic E-state index is 13.5. The van der Waals surface area contributed by atoms with Crippen LogP contribution in [0.1, 0.15) is 342 Å². The summed E-state index contributed by atoms with van der Waals surface area (Å²) in [6.07, 6.45) is 64.7. The molecule has 0 aromatic heterocycles. The summed E-state index contributed by atoms with van der Waals surface area (Å²) >= 11 is 0. The largest absolute Gasteiger partial charge is 0.756 e. The second-order valence-electron chi connectivity index (χ2n) is 24.0. The van der Waals surface area contributed by atoms with Crippen molar-refractivity contribution in [1.82, 2.24) is 5.32 Å². The molecule has 446 valence electrons. The van der Waals surface area contributed by atoms with Crippen molar-refractivity contribution in [3.05, 3.63) is 12.2 Å². The number of likely N-dealkylation sites (N-methyl/N-ethyl adjacent to an activating group) is 1. The highest BCUT2D eigenvalue weighted by Crippen LogP contribution is 2.38. The van der Waals surface area contributed by atoms with Gasteiger partial charge in [-0.05, 0) is 31.8 Å². The Morgan fingerprint density at radius 1 is 0.453 bits per heavy atom. The molecule has 0 spiro atoms. The van der Waals surface area contributed by atoms with Crippen LogP contribution in [-0.2, 0) is 27.9 Å². The zero-order valence-corrected chi connectivity index (χ0v) is 51.9. The van der Waals surface area contributed by atoms with E-state index < -0.39 is 20.0 Å². The zero-order valence-electron chi connectivity index (χ0n) is 51.0. The van der Waals surface area contributed by atoms with Crippen molar-refractivity contribution in [3.63, 3.8) is 0 Å². The van der Waals surface area contributed by atoms with Crippen molar-refractivity contribution >= 4 is 19.7 Å². The Bertz CT molecular complexity index is 1290. The van der Waals surface area contributed by atoms with Gasteiger partial charge in [-0.15, -0.1) is 0 Å². The molecule has 0 aliphatic rings. The van der Waals surface area contributed by atoms with E-state index in [9.17, 15) is 19.0 Å². The maximum absolute atomic E-state index is 13.5. The fourth-order valence-corrected chi connectivity index (χ4v) is 10.8. The van der Waals surface area contributed by atoms with Gasteiger partial charge in [0.1, 0.15) is 19.3 Å². The Hall–Kier alpha value is -1.25. The fourth-order valence-electron chi connectivity index (χ4n) is 10.1. The van der Waals surface area contributed by atoms with Crippen LogP contribution in [0.25, 0.3) is 0 Å². The summed E-state index contributed by atoms with van der Waals surface area (Å²) in [4.78, 5) is 40.0. The lowest BCUT2D eigenvalue weighted by Gasteiger charge is -2.30. The third kappa shape index (κ3) is 57.3. The number of nitrogens with one attached hydrogen (secondary N) is 1. The molecule has 1 amide bonds. The molecule has 0 aliphatic carbocycles. The molecule has 0 fully saturated rings. The molecule has 0 radical (unpaired) electrons. The van der Waals surface area contributed by atoms with E-state index in [4.69, 9.17) is 13.8 Å². The smallest absolute Gasteiger partial charge is 0.306 e. The van der Waals surface area contributed by atoms with Crippen LogP contribution < -0.4 is 10.2 Å². The maximum Gasteiger partial charge on any atom is 0.306 e. The lowest BCUT2D eigenvalue weighted by atomic mass is 10.0. The molecule has 3 atom stereocenters. The van der Waals surface area contributed by atoms with Crippen LogP contribution in [0, 0.1) is 0 Å². The monoisotopic (exact) mass is 1080 g/mol. The molecule has 10 heteroatoms. The molecule has 0 rings (SSSR count). The van der Waals surface area contributed by atoms with Gasteiger partial charge in [0.05, 0.1) is 33.8 Å². The second kappa shape index (κ2) is 56.0. The normalized spacial score (nSPS) is 13.6. The van der Waals surface area contributed by atoms with E-state index in [1.807, 2.05) is 33.3 Å². The summed E-state index contributed by atoms with van der Waals surface area (Å²) in [5.74, 6) is -0.518. The molecule has 0 aromatic carbocycles. The molecular weight excluding hydrogens is 952 g/mol. The van der Waals surface area contributed by atoms with Crippen LogP contribution in [0.3, 0.4) is 0 Å². The van der Waals surface area contributed by atoms with Crippen molar-refractivity contribution in [2.24, 2.45) is 0 Å². The number of rotatable bonds is 61. The van der Waals surface area contributed by atoms with Crippen LogP contribution in [0.5, 0.6) is 0 Å². The summed E-state index contributed by atoms with van der Waals surface area (Å²) in [5, 5.41) is 3.04. The van der Waals surface area contributed by atoms with E-state index in [-0.39, 0.29) is 31.5 Å². The van der Waals surface area contributed by atoms with E-state index in [1.165, 1.54) is 250 Å². The molecule has 0 aliphatic heterocycles. The number of carbonyl (C=O) groups is 2. The summed E-state index contributed by atoms with van der Waals surface area (Å²) in [7, 11) is 1.21. The van der Waals surface area contributed by atoms with E-state index in [1.54, 1.807) is 0 Å². The third-order valence-electron chi connectivity index (χ3n) is 15.2. The average Bonchev–Trinajstić information content (AvgIpc) is 3.37. The standard InChI is InChI=1S/C65H129N2O7P/c1-7-10-13-16-19-22-25-27-29-30-31-32-33-34-35-36-38-40-43-46-49-52-55-58-65(69)74-63(56-53-50-47-44-41-24-21-18-15-12-9-3)62(61-73-75(70,71)72-60-59-67(4,5)6)66-64(68)57-54-51-48-45-42-39-37-28-26-23-20-17-14-11-8-2/h53,56,62-63H,7-52,54-55,57-61H2,1-6H3,(H-,66,68,70,71)/b56-53-. The number of unbranched alkanes of at least 4 members (excludes halogenated alkanes) is 45. The van der Waals surface area contributed by atoms with E-state index in [0.717, 1.165) is 57.8 Å². The predicted octanol–water partition coefficient (Wildman–Crippen LogP) is 19.7. The lowest BCUT2D eigenvalue weighted by molar-refractivity contribution is -0.870. The van der Waals surface area contributed by atoms with Crippen molar-refractivity contribution in [2.75, 3.05) is 40.9 Å². The quantitative estimate of drug-likeness (QED) is 0.0212. The average molecular weight is 1080 g/mol. The lowest BCUT2D eigenvalue weighted by Crippen LogP contribution is -2.47. The first-order valence-electron chi connectivity index (χ1n) is 33.0. The summed E-state index contributed by atoms with van der Waals surface area (Å²) in [6, 6.07) is -0.879. The van der Waals surface area contributed by atoms with Gasteiger partial charge in [0.2, 0.25) is 5.91 Å². The van der Waals surface area contributed by atoms with E-state index in [2.05, 4.69) is 26.1 Å². The number of phosphoric acid groups is 1. The molecule has 0 aromatic rings. The predicted molar refractivity (Wildman–Crippen MR) is 321 cm³/mol. The molecule has 0 heterocycles. The minimum atomic E-state index is -4.69. The van der Waals surface area contributed by atoms with Crippen LogP contribution in [0.4, 0.5) is 0 Å². The van der Waals surface area contributed by atoms with Gasteiger partial charge < -0.3 is 28.5 Å². The van der Waals surface area contributed by atoms with Gasteiger partial charge in [0.15, 0.2) is 0 Å². The fraction of sp³-hybridized carbons (Fsp3) is 0.938. The van der Waals surface area contributed by atoms with E-state index >= 15 is 0 Å². The van der Waals surface area contributed by atoms with Crippen molar-refractivity contribution < 1.29 is 37.3 Å². The van der Waals surface area contributed by atoms with E-state index in [0.29, 0.717) is 17.4 Å². The number of esters is 1. The first-order valence-corrected chi connectivity index (χ1v) is 34.5. The van der Waals surface area contributed by atoms with Gasteiger partial charge in [0.25, 0.3) is 7.82 Å². The van der Waals surface area contributed by atoms with Gasteiger partial charge in [-0.2, -0.15) is 0 Å². The minimum Gasteiger partial charge on any atom is -0.756 e. The zero-order chi connectivity index (χ0) is 55.0. The molecule has 0 saturated heterocycles. The number of phosphoric ester groups is 1. The van der Waals surface area contributed by atoms with Gasteiger partial charge >= 0.3 is 5.97 Å². The molecule has 9 nitrogen and oxygen atoms in total. The SMILES string of the molecule is CCCCCCCCCCC/C=C\C(OC(=O)CCCCCCCCCCCCCCCCCCCCCCCCC)C(COP(=O)([O-])OCC[N+](C)(C)C)NC(=O)CCCCCCCCCCCCCCCCC. The third-order valence-corrected chi connectivity index (χ3v) is 16.2. The van der Waals surface area contributed by atoms with Crippen LogP contribution in [0.15, 0.2) is 12.2 Å². The molecule has 0 saturated carbocycles. The minimum absolute atomic E-state index is 0.0167. The number of ether oxygens (including phenoxy) is 1. The number of allylic oxidation sites excluding steroid dienone is 1. The van der Waals surface area contributed by atoms with Crippen LogP contribution >= 0.6 is 7.82 Å². The molecule has 75 heavy (non-hydrogen) atoms.